The Labute approximate surface area is 160 Å². The zero-order valence-electron chi connectivity index (χ0n) is 14.7. The number of fused-ring (bicyclic) bond motifs is 6. The fourth-order valence-corrected chi connectivity index (χ4v) is 3.83. The Morgan fingerprint density at radius 3 is 2.46 bits per heavy atom. The summed E-state index contributed by atoms with van der Waals surface area (Å²) in [6, 6.07) is 19.8. The van der Waals surface area contributed by atoms with Crippen molar-refractivity contribution in [2.45, 2.75) is 5.60 Å². The van der Waals surface area contributed by atoms with Crippen molar-refractivity contribution in [3.8, 4) is 17.2 Å². The van der Waals surface area contributed by atoms with Gasteiger partial charge in [0.1, 0.15) is 17.2 Å². The van der Waals surface area contributed by atoms with Gasteiger partial charge < -0.3 is 14.2 Å². The SMILES string of the molecule is C=CC(=O)Oc1ccc2c(c1)Oc1ccccc1C21OC(=O)c2ccccc21. The molecule has 28 heavy (non-hydrogen) atoms. The maximum Gasteiger partial charge on any atom is 0.340 e. The summed E-state index contributed by atoms with van der Waals surface area (Å²) >= 11 is 0. The molecule has 5 nitrogen and oxygen atoms in total. The minimum Gasteiger partial charge on any atom is -0.456 e. The molecule has 0 N–H and O–H groups in total. The molecule has 1 unspecified atom stereocenters. The Morgan fingerprint density at radius 1 is 0.929 bits per heavy atom. The maximum atomic E-state index is 12.7. The van der Waals surface area contributed by atoms with Gasteiger partial charge in [0.2, 0.25) is 0 Å². The van der Waals surface area contributed by atoms with Crippen LogP contribution in [-0.2, 0) is 15.1 Å². The molecule has 0 fully saturated rings. The summed E-state index contributed by atoms with van der Waals surface area (Å²) < 4.78 is 17.3. The first-order valence-corrected chi connectivity index (χ1v) is 8.72. The van der Waals surface area contributed by atoms with Crippen LogP contribution in [0.1, 0.15) is 27.0 Å². The van der Waals surface area contributed by atoms with Crippen molar-refractivity contribution < 1.29 is 23.8 Å². The van der Waals surface area contributed by atoms with E-state index < -0.39 is 11.6 Å². The van der Waals surface area contributed by atoms with Crippen molar-refractivity contribution in [2.75, 3.05) is 0 Å². The van der Waals surface area contributed by atoms with E-state index in [0.29, 0.717) is 28.4 Å². The number of benzene rings is 3. The number of hydrogen-bond donors (Lipinski definition) is 0. The third-order valence-electron chi connectivity index (χ3n) is 4.98. The highest BCUT2D eigenvalue weighted by atomic mass is 16.6. The molecule has 1 atom stereocenters. The molecule has 2 heterocycles. The molecule has 0 aromatic heterocycles. The van der Waals surface area contributed by atoms with Crippen LogP contribution in [0.5, 0.6) is 17.2 Å². The lowest BCUT2D eigenvalue weighted by molar-refractivity contribution is -0.128. The first-order valence-electron chi connectivity index (χ1n) is 8.72. The highest BCUT2D eigenvalue weighted by Crippen LogP contribution is 2.56. The first-order chi connectivity index (χ1) is 13.6. The van der Waals surface area contributed by atoms with Crippen molar-refractivity contribution in [1.82, 2.24) is 0 Å². The molecule has 0 bridgehead atoms. The molecule has 0 radical (unpaired) electrons. The van der Waals surface area contributed by atoms with E-state index in [1.165, 1.54) is 0 Å². The third-order valence-corrected chi connectivity index (χ3v) is 4.98. The van der Waals surface area contributed by atoms with Crippen LogP contribution in [0, 0.1) is 0 Å². The smallest absolute Gasteiger partial charge is 0.340 e. The highest BCUT2D eigenvalue weighted by Gasteiger charge is 2.53. The number of carbonyl (C=O) groups is 2. The number of ether oxygens (including phenoxy) is 3. The molecular weight excluding hydrogens is 356 g/mol. The van der Waals surface area contributed by atoms with Gasteiger partial charge in [-0.15, -0.1) is 0 Å². The van der Waals surface area contributed by atoms with Gasteiger partial charge in [0.25, 0.3) is 0 Å². The normalized spacial score (nSPS) is 18.4. The topological polar surface area (TPSA) is 61.8 Å². The predicted octanol–water partition coefficient (Wildman–Crippen LogP) is 4.35. The van der Waals surface area contributed by atoms with E-state index in [9.17, 15) is 9.59 Å². The van der Waals surface area contributed by atoms with Gasteiger partial charge in [-0.05, 0) is 24.3 Å². The van der Waals surface area contributed by atoms with Gasteiger partial charge >= 0.3 is 11.9 Å². The second-order valence-corrected chi connectivity index (χ2v) is 6.50. The minimum atomic E-state index is -1.11. The lowest BCUT2D eigenvalue weighted by atomic mass is 9.78. The molecule has 2 aliphatic heterocycles. The third kappa shape index (κ3) is 2.13. The highest BCUT2D eigenvalue weighted by molar-refractivity contribution is 5.97. The predicted molar refractivity (Wildman–Crippen MR) is 101 cm³/mol. The molecule has 2 aliphatic rings. The van der Waals surface area contributed by atoms with Crippen LogP contribution < -0.4 is 9.47 Å². The van der Waals surface area contributed by atoms with E-state index in [2.05, 4.69) is 6.58 Å². The van der Waals surface area contributed by atoms with Crippen LogP contribution >= 0.6 is 0 Å². The van der Waals surface area contributed by atoms with Gasteiger partial charge in [0.05, 0.1) is 5.56 Å². The molecule has 1 spiro atoms. The van der Waals surface area contributed by atoms with Gasteiger partial charge in [0.15, 0.2) is 5.60 Å². The quantitative estimate of drug-likeness (QED) is 0.381. The van der Waals surface area contributed by atoms with Crippen LogP contribution in [0.3, 0.4) is 0 Å². The molecule has 3 aromatic rings. The number of carbonyl (C=O) groups excluding carboxylic acids is 2. The Kier molecular flexibility index (Phi) is 3.39. The van der Waals surface area contributed by atoms with E-state index in [-0.39, 0.29) is 5.97 Å². The van der Waals surface area contributed by atoms with Gasteiger partial charge in [-0.2, -0.15) is 0 Å². The number of hydrogen-bond acceptors (Lipinski definition) is 5. The van der Waals surface area contributed by atoms with Crippen molar-refractivity contribution in [1.29, 1.82) is 0 Å². The Hall–Kier alpha value is -3.86. The standard InChI is InChI=1S/C23H14O5/c1-2-21(24)26-14-11-12-18-20(13-14)27-19-10-6-5-9-17(19)23(18)16-8-4-3-7-15(16)22(25)28-23/h2-13H,1H2. The van der Waals surface area contributed by atoms with E-state index >= 15 is 0 Å². The molecule has 0 amide bonds. The molecular formula is C23H14O5. The number of esters is 2. The summed E-state index contributed by atoms with van der Waals surface area (Å²) in [6.45, 7) is 3.40. The van der Waals surface area contributed by atoms with Crippen LogP contribution in [0.2, 0.25) is 0 Å². The summed E-state index contributed by atoms with van der Waals surface area (Å²) in [6.07, 6.45) is 1.09. The lowest BCUT2D eigenvalue weighted by Crippen LogP contribution is -2.32. The largest absolute Gasteiger partial charge is 0.456 e. The van der Waals surface area contributed by atoms with Crippen LogP contribution in [0.25, 0.3) is 0 Å². The minimum absolute atomic E-state index is 0.316. The van der Waals surface area contributed by atoms with E-state index in [1.54, 1.807) is 24.3 Å². The molecule has 0 saturated heterocycles. The van der Waals surface area contributed by atoms with Crippen molar-refractivity contribution in [3.05, 3.63) is 102 Å². The average molecular weight is 370 g/mol. The van der Waals surface area contributed by atoms with Crippen LogP contribution in [0.15, 0.2) is 79.4 Å². The second-order valence-electron chi connectivity index (χ2n) is 6.50. The summed E-state index contributed by atoms with van der Waals surface area (Å²) in [7, 11) is 0. The molecule has 136 valence electrons. The summed E-state index contributed by atoms with van der Waals surface area (Å²) in [5.74, 6) is 0.393. The number of rotatable bonds is 2. The maximum absolute atomic E-state index is 12.7. The van der Waals surface area contributed by atoms with Crippen LogP contribution in [0.4, 0.5) is 0 Å². The van der Waals surface area contributed by atoms with Gasteiger partial charge in [-0.25, -0.2) is 9.59 Å². The van der Waals surface area contributed by atoms with Crippen molar-refractivity contribution in [3.63, 3.8) is 0 Å². The zero-order valence-corrected chi connectivity index (χ0v) is 14.7. The van der Waals surface area contributed by atoms with Gasteiger partial charge in [0, 0.05) is 28.8 Å². The second kappa shape index (κ2) is 5.82. The molecule has 0 saturated carbocycles. The Morgan fingerprint density at radius 2 is 1.64 bits per heavy atom. The number of para-hydroxylation sites is 1. The fraction of sp³-hybridized carbons (Fsp3) is 0.0435. The molecule has 0 aliphatic carbocycles. The first kappa shape index (κ1) is 16.3. The fourth-order valence-electron chi connectivity index (χ4n) is 3.83. The van der Waals surface area contributed by atoms with Gasteiger partial charge in [-0.3, -0.25) is 0 Å². The van der Waals surface area contributed by atoms with Crippen molar-refractivity contribution in [2.24, 2.45) is 0 Å². The molecule has 5 rings (SSSR count). The molecule has 3 aromatic carbocycles. The van der Waals surface area contributed by atoms with Crippen LogP contribution in [-0.4, -0.2) is 11.9 Å². The van der Waals surface area contributed by atoms with Gasteiger partial charge in [-0.1, -0.05) is 43.0 Å². The average Bonchev–Trinajstić information content (AvgIpc) is 3.01. The Bertz CT molecular complexity index is 1160. The van der Waals surface area contributed by atoms with E-state index in [4.69, 9.17) is 14.2 Å². The van der Waals surface area contributed by atoms with E-state index in [0.717, 1.165) is 17.2 Å². The van der Waals surface area contributed by atoms with E-state index in [1.807, 2.05) is 42.5 Å². The summed E-state index contributed by atoms with van der Waals surface area (Å²) in [4.78, 5) is 24.2. The zero-order chi connectivity index (χ0) is 19.3. The summed E-state index contributed by atoms with van der Waals surface area (Å²) in [5, 5.41) is 0. The lowest BCUT2D eigenvalue weighted by Gasteiger charge is -2.36. The summed E-state index contributed by atoms with van der Waals surface area (Å²) in [5.41, 5.74) is 1.58. The monoisotopic (exact) mass is 370 g/mol. The Balaban J connectivity index is 1.77. The molecule has 5 heteroatoms. The van der Waals surface area contributed by atoms with Crippen molar-refractivity contribution >= 4 is 11.9 Å².